The van der Waals surface area contributed by atoms with Crippen LogP contribution in [-0.2, 0) is 5.41 Å². The summed E-state index contributed by atoms with van der Waals surface area (Å²) in [6.45, 7) is 2.25. The van der Waals surface area contributed by atoms with Gasteiger partial charge in [-0.1, -0.05) is 75.4 Å². The van der Waals surface area contributed by atoms with Gasteiger partial charge in [0.2, 0.25) is 0 Å². The highest BCUT2D eigenvalue weighted by Crippen LogP contribution is 2.44. The van der Waals surface area contributed by atoms with Gasteiger partial charge in [0, 0.05) is 10.9 Å². The van der Waals surface area contributed by atoms with Crippen molar-refractivity contribution in [3.63, 3.8) is 0 Å². The number of methoxy groups -OCH3 is 1. The molecule has 0 radical (unpaired) electrons. The first-order valence-corrected chi connectivity index (χ1v) is 11.1. The first-order valence-electron chi connectivity index (χ1n) is 11.1. The number of halogens is 2. The highest BCUT2D eigenvalue weighted by Gasteiger charge is 2.33. The second-order valence-corrected chi connectivity index (χ2v) is 8.66. The van der Waals surface area contributed by atoms with E-state index in [0.717, 1.165) is 5.39 Å². The molecule has 0 atom stereocenters. The zero-order chi connectivity index (χ0) is 21.1. The Bertz CT molecular complexity index is 1030. The molecule has 0 aliphatic heterocycles. The number of fused-ring (bicyclic) bond motifs is 1. The lowest BCUT2D eigenvalue weighted by molar-refractivity contribution is 0.268. The van der Waals surface area contributed by atoms with Crippen molar-refractivity contribution in [1.82, 2.24) is 0 Å². The summed E-state index contributed by atoms with van der Waals surface area (Å²) in [5.74, 6) is -0.621. The van der Waals surface area contributed by atoms with Gasteiger partial charge < -0.3 is 4.74 Å². The third-order valence-electron chi connectivity index (χ3n) is 6.85. The molecule has 30 heavy (non-hydrogen) atoms. The largest absolute Gasteiger partial charge is 0.494 e. The smallest absolute Gasteiger partial charge is 0.165 e. The Labute approximate surface area is 178 Å². The summed E-state index contributed by atoms with van der Waals surface area (Å²) in [5, 5.41) is 1.51. The van der Waals surface area contributed by atoms with Crippen molar-refractivity contribution >= 4 is 10.8 Å². The summed E-state index contributed by atoms with van der Waals surface area (Å²) in [7, 11) is 1.42. The minimum Gasteiger partial charge on any atom is -0.494 e. The standard InChI is InChI=1S/C27H30F2O/c1-3-4-14-27(15-6-5-7-16-27)21-10-12-23-19(17-21)8-11-22(26(23)29)20-9-13-25(30-2)24(28)18-20/h8-13,17-18H,3-7,14-16H2,1-2H3. The van der Waals surface area contributed by atoms with Crippen molar-refractivity contribution in [2.24, 2.45) is 0 Å². The quantitative estimate of drug-likeness (QED) is 0.399. The van der Waals surface area contributed by atoms with E-state index in [1.54, 1.807) is 12.1 Å². The minimum absolute atomic E-state index is 0.162. The SMILES string of the molecule is CCCCC1(c2ccc3c(F)c(-c4ccc(OC)c(F)c4)ccc3c2)CCCCC1. The Hall–Kier alpha value is -2.42. The molecule has 0 heterocycles. The average Bonchev–Trinajstić information content (AvgIpc) is 2.78. The van der Waals surface area contributed by atoms with Crippen LogP contribution >= 0.6 is 0 Å². The first-order chi connectivity index (χ1) is 14.6. The predicted molar refractivity (Wildman–Crippen MR) is 120 cm³/mol. The zero-order valence-corrected chi connectivity index (χ0v) is 17.9. The maximum Gasteiger partial charge on any atom is 0.165 e. The van der Waals surface area contributed by atoms with Crippen molar-refractivity contribution in [3.8, 4) is 16.9 Å². The van der Waals surface area contributed by atoms with Gasteiger partial charge in [-0.05, 0) is 53.3 Å². The van der Waals surface area contributed by atoms with Crippen LogP contribution in [0, 0.1) is 11.6 Å². The summed E-state index contributed by atoms with van der Waals surface area (Å²) < 4.78 is 34.5. The fraction of sp³-hybridized carbons (Fsp3) is 0.407. The molecule has 0 aromatic heterocycles. The van der Waals surface area contributed by atoms with Crippen molar-refractivity contribution < 1.29 is 13.5 Å². The summed E-state index contributed by atoms with van der Waals surface area (Å²) in [6, 6.07) is 14.5. The van der Waals surface area contributed by atoms with Crippen molar-refractivity contribution in [1.29, 1.82) is 0 Å². The molecule has 1 nitrogen and oxygen atoms in total. The van der Waals surface area contributed by atoms with Gasteiger partial charge in [0.25, 0.3) is 0 Å². The lowest BCUT2D eigenvalue weighted by Gasteiger charge is -2.38. The monoisotopic (exact) mass is 408 g/mol. The number of benzene rings is 3. The van der Waals surface area contributed by atoms with Gasteiger partial charge in [0.15, 0.2) is 11.6 Å². The van der Waals surface area contributed by atoms with Crippen molar-refractivity contribution in [3.05, 3.63) is 65.7 Å². The van der Waals surface area contributed by atoms with E-state index in [0.29, 0.717) is 16.5 Å². The summed E-state index contributed by atoms with van der Waals surface area (Å²) in [4.78, 5) is 0. The number of hydrogen-bond donors (Lipinski definition) is 0. The average molecular weight is 409 g/mol. The van der Waals surface area contributed by atoms with Crippen LogP contribution in [0.4, 0.5) is 8.78 Å². The van der Waals surface area contributed by atoms with Gasteiger partial charge in [0.1, 0.15) is 5.82 Å². The van der Waals surface area contributed by atoms with E-state index >= 15 is 4.39 Å². The molecule has 1 saturated carbocycles. The molecule has 0 unspecified atom stereocenters. The first kappa shape index (κ1) is 20.8. The molecular weight excluding hydrogens is 378 g/mol. The Morgan fingerprint density at radius 1 is 0.933 bits per heavy atom. The second-order valence-electron chi connectivity index (χ2n) is 8.66. The topological polar surface area (TPSA) is 9.23 Å². The normalized spacial score (nSPS) is 16.0. The second kappa shape index (κ2) is 8.75. The van der Waals surface area contributed by atoms with Crippen LogP contribution in [0.1, 0.15) is 63.9 Å². The molecule has 0 spiro atoms. The fourth-order valence-corrected chi connectivity index (χ4v) is 5.11. The molecule has 1 aliphatic carbocycles. The molecule has 1 aliphatic rings. The van der Waals surface area contributed by atoms with Crippen LogP contribution in [0.2, 0.25) is 0 Å². The fourth-order valence-electron chi connectivity index (χ4n) is 5.11. The number of unbranched alkanes of at least 4 members (excludes halogenated alkanes) is 1. The molecule has 0 N–H and O–H groups in total. The van der Waals surface area contributed by atoms with Crippen LogP contribution in [0.25, 0.3) is 21.9 Å². The Kier molecular flexibility index (Phi) is 6.08. The lowest BCUT2D eigenvalue weighted by Crippen LogP contribution is -2.29. The maximum atomic E-state index is 15.4. The Morgan fingerprint density at radius 2 is 1.73 bits per heavy atom. The van der Waals surface area contributed by atoms with Crippen LogP contribution < -0.4 is 4.74 Å². The Morgan fingerprint density at radius 3 is 2.43 bits per heavy atom. The van der Waals surface area contributed by atoms with E-state index < -0.39 is 5.82 Å². The molecule has 3 aromatic rings. The molecule has 3 heteroatoms. The van der Waals surface area contributed by atoms with Gasteiger partial charge in [-0.15, -0.1) is 0 Å². The summed E-state index contributed by atoms with van der Waals surface area (Å²) >= 11 is 0. The Balaban J connectivity index is 1.74. The molecule has 1 fully saturated rings. The predicted octanol–water partition coefficient (Wildman–Crippen LogP) is 8.19. The van der Waals surface area contributed by atoms with E-state index in [2.05, 4.69) is 19.1 Å². The molecule has 0 bridgehead atoms. The van der Waals surface area contributed by atoms with Gasteiger partial charge in [0.05, 0.1) is 7.11 Å². The highest BCUT2D eigenvalue weighted by molar-refractivity contribution is 5.89. The van der Waals surface area contributed by atoms with Crippen LogP contribution in [-0.4, -0.2) is 7.11 Å². The van der Waals surface area contributed by atoms with Gasteiger partial charge in [-0.3, -0.25) is 0 Å². The van der Waals surface area contributed by atoms with Crippen molar-refractivity contribution in [2.75, 3.05) is 7.11 Å². The van der Waals surface area contributed by atoms with E-state index in [4.69, 9.17) is 4.74 Å². The number of hydrogen-bond acceptors (Lipinski definition) is 1. The highest BCUT2D eigenvalue weighted by atomic mass is 19.1. The molecule has 3 aromatic carbocycles. The molecule has 0 saturated heterocycles. The van der Waals surface area contributed by atoms with Gasteiger partial charge in [-0.25, -0.2) is 8.78 Å². The number of rotatable bonds is 6. The number of ether oxygens (including phenoxy) is 1. The van der Waals surface area contributed by atoms with Crippen LogP contribution in [0.15, 0.2) is 48.5 Å². The maximum absolute atomic E-state index is 15.4. The van der Waals surface area contributed by atoms with Crippen LogP contribution in [0.3, 0.4) is 0 Å². The van der Waals surface area contributed by atoms with E-state index in [1.807, 2.05) is 12.1 Å². The van der Waals surface area contributed by atoms with Gasteiger partial charge in [-0.2, -0.15) is 0 Å². The molecule has 158 valence electrons. The molecule has 0 amide bonds. The van der Waals surface area contributed by atoms with Crippen molar-refractivity contribution in [2.45, 2.75) is 63.7 Å². The summed E-state index contributed by atoms with van der Waals surface area (Å²) in [5.41, 5.74) is 2.51. The summed E-state index contributed by atoms with van der Waals surface area (Å²) in [6.07, 6.45) is 9.96. The van der Waals surface area contributed by atoms with E-state index in [-0.39, 0.29) is 17.0 Å². The van der Waals surface area contributed by atoms with E-state index in [1.165, 1.54) is 76.2 Å². The minimum atomic E-state index is -0.486. The van der Waals surface area contributed by atoms with Crippen LogP contribution in [0.5, 0.6) is 5.75 Å². The molecular formula is C27H30F2O. The third-order valence-corrected chi connectivity index (χ3v) is 6.85. The lowest BCUT2D eigenvalue weighted by atomic mass is 9.66. The molecule has 4 rings (SSSR count). The zero-order valence-electron chi connectivity index (χ0n) is 17.9. The van der Waals surface area contributed by atoms with E-state index in [9.17, 15) is 4.39 Å². The third kappa shape index (κ3) is 3.82. The van der Waals surface area contributed by atoms with Gasteiger partial charge >= 0.3 is 0 Å².